The van der Waals surface area contributed by atoms with E-state index in [1.807, 2.05) is 30.8 Å². The molecule has 3 nitrogen and oxygen atoms in total. The van der Waals surface area contributed by atoms with Gasteiger partial charge in [0.1, 0.15) is 0 Å². The van der Waals surface area contributed by atoms with E-state index in [-0.39, 0.29) is 6.04 Å². The molecule has 0 saturated heterocycles. The van der Waals surface area contributed by atoms with Gasteiger partial charge in [0.15, 0.2) is 0 Å². The maximum Gasteiger partial charge on any atom is 0.0952 e. The number of hydrogen-bond donors (Lipinski definition) is 1. The van der Waals surface area contributed by atoms with Gasteiger partial charge in [-0.15, -0.1) is 11.3 Å². The quantitative estimate of drug-likeness (QED) is 0.885. The normalized spacial score (nSPS) is 12.9. The molecule has 0 bridgehead atoms. The van der Waals surface area contributed by atoms with Crippen LogP contribution in [0.25, 0.3) is 0 Å². The first kappa shape index (κ1) is 11.4. The molecule has 2 aromatic rings. The third-order valence-electron chi connectivity index (χ3n) is 2.60. The molecule has 86 valence electrons. The van der Waals surface area contributed by atoms with E-state index in [2.05, 4.69) is 28.6 Å². The number of thiophene rings is 1. The zero-order chi connectivity index (χ0) is 11.5. The summed E-state index contributed by atoms with van der Waals surface area (Å²) in [5, 5.41) is 0. The van der Waals surface area contributed by atoms with Crippen molar-refractivity contribution in [2.75, 3.05) is 0 Å². The summed E-state index contributed by atoms with van der Waals surface area (Å²) in [6.45, 7) is 5.04. The predicted octanol–water partition coefficient (Wildman–Crippen LogP) is 2.58. The van der Waals surface area contributed by atoms with Gasteiger partial charge < -0.3 is 10.3 Å². The van der Waals surface area contributed by atoms with Gasteiger partial charge in [-0.25, -0.2) is 4.98 Å². The molecule has 0 spiro atoms. The number of nitrogens with two attached hydrogens (primary N) is 1. The molecule has 2 heterocycles. The second-order valence-corrected chi connectivity index (χ2v) is 5.21. The monoisotopic (exact) mass is 235 g/mol. The average molecular weight is 235 g/mol. The molecule has 0 saturated carbocycles. The van der Waals surface area contributed by atoms with Gasteiger partial charge in [0, 0.05) is 22.0 Å². The maximum atomic E-state index is 5.89. The SMILES string of the molecule is CCc1ccc(Cn2cncc2[C@H](C)N)s1. The first-order chi connectivity index (χ1) is 7.70. The Morgan fingerprint density at radius 2 is 2.19 bits per heavy atom. The zero-order valence-corrected chi connectivity index (χ0v) is 10.5. The Morgan fingerprint density at radius 3 is 2.81 bits per heavy atom. The van der Waals surface area contributed by atoms with E-state index in [0.717, 1.165) is 18.7 Å². The summed E-state index contributed by atoms with van der Waals surface area (Å²) in [6, 6.07) is 4.42. The number of nitrogens with zero attached hydrogens (tertiary/aromatic N) is 2. The van der Waals surface area contributed by atoms with Gasteiger partial charge in [0.05, 0.1) is 18.6 Å². The van der Waals surface area contributed by atoms with Crippen molar-refractivity contribution in [3.8, 4) is 0 Å². The lowest BCUT2D eigenvalue weighted by molar-refractivity contribution is 0.679. The first-order valence-corrected chi connectivity index (χ1v) is 6.35. The van der Waals surface area contributed by atoms with E-state index in [1.54, 1.807) is 0 Å². The summed E-state index contributed by atoms with van der Waals surface area (Å²) in [6.07, 6.45) is 4.80. The summed E-state index contributed by atoms with van der Waals surface area (Å²) in [5.74, 6) is 0. The van der Waals surface area contributed by atoms with Crippen LogP contribution in [0.2, 0.25) is 0 Å². The topological polar surface area (TPSA) is 43.8 Å². The highest BCUT2D eigenvalue weighted by atomic mass is 32.1. The summed E-state index contributed by atoms with van der Waals surface area (Å²) in [4.78, 5) is 6.94. The van der Waals surface area contributed by atoms with Crippen molar-refractivity contribution in [2.45, 2.75) is 32.9 Å². The second kappa shape index (κ2) is 4.80. The van der Waals surface area contributed by atoms with Crippen LogP contribution in [-0.2, 0) is 13.0 Å². The third kappa shape index (κ3) is 2.33. The molecule has 0 aliphatic carbocycles. The Balaban J connectivity index is 2.17. The van der Waals surface area contributed by atoms with Crippen LogP contribution in [0, 0.1) is 0 Å². The molecule has 2 N–H and O–H groups in total. The summed E-state index contributed by atoms with van der Waals surface area (Å²) >= 11 is 1.86. The molecule has 0 radical (unpaired) electrons. The lowest BCUT2D eigenvalue weighted by atomic mass is 10.2. The van der Waals surface area contributed by atoms with Crippen LogP contribution in [0.4, 0.5) is 0 Å². The minimum Gasteiger partial charge on any atom is -0.328 e. The van der Waals surface area contributed by atoms with Crippen molar-refractivity contribution in [3.63, 3.8) is 0 Å². The second-order valence-electron chi connectivity index (χ2n) is 3.96. The number of hydrogen-bond acceptors (Lipinski definition) is 3. The number of imidazole rings is 1. The van der Waals surface area contributed by atoms with E-state index in [1.165, 1.54) is 9.75 Å². The minimum absolute atomic E-state index is 0.0353. The van der Waals surface area contributed by atoms with Crippen LogP contribution >= 0.6 is 11.3 Å². The Hall–Kier alpha value is -1.13. The van der Waals surface area contributed by atoms with Crippen LogP contribution < -0.4 is 5.73 Å². The Kier molecular flexibility index (Phi) is 3.41. The van der Waals surface area contributed by atoms with Crippen LogP contribution in [0.15, 0.2) is 24.7 Å². The molecule has 16 heavy (non-hydrogen) atoms. The van der Waals surface area contributed by atoms with Gasteiger partial charge in [-0.1, -0.05) is 6.92 Å². The van der Waals surface area contributed by atoms with Gasteiger partial charge in [-0.05, 0) is 25.5 Å². The fraction of sp³-hybridized carbons (Fsp3) is 0.417. The smallest absolute Gasteiger partial charge is 0.0952 e. The molecule has 2 rings (SSSR count). The fourth-order valence-electron chi connectivity index (χ4n) is 1.71. The van der Waals surface area contributed by atoms with Gasteiger partial charge in [-0.2, -0.15) is 0 Å². The molecular formula is C12H17N3S. The van der Waals surface area contributed by atoms with E-state index >= 15 is 0 Å². The van der Waals surface area contributed by atoms with Gasteiger partial charge in [-0.3, -0.25) is 0 Å². The van der Waals surface area contributed by atoms with Crippen LogP contribution in [0.5, 0.6) is 0 Å². The lowest BCUT2D eigenvalue weighted by Crippen LogP contribution is -2.11. The lowest BCUT2D eigenvalue weighted by Gasteiger charge is -2.09. The highest BCUT2D eigenvalue weighted by Crippen LogP contribution is 2.19. The van der Waals surface area contributed by atoms with E-state index in [4.69, 9.17) is 5.73 Å². The standard InChI is InChI=1S/C12H17N3S/c1-3-10-4-5-11(16-10)7-15-8-14-6-12(15)9(2)13/h4-6,8-9H,3,7,13H2,1-2H3/t9-/m0/s1. The highest BCUT2D eigenvalue weighted by molar-refractivity contribution is 7.11. The van der Waals surface area contributed by atoms with Crippen molar-refractivity contribution >= 4 is 11.3 Å². The van der Waals surface area contributed by atoms with Gasteiger partial charge >= 0.3 is 0 Å². The van der Waals surface area contributed by atoms with Crippen LogP contribution in [0.1, 0.15) is 35.3 Å². The molecule has 0 aliphatic rings. The van der Waals surface area contributed by atoms with Gasteiger partial charge in [0.2, 0.25) is 0 Å². The summed E-state index contributed by atoms with van der Waals surface area (Å²) < 4.78 is 2.12. The number of aromatic nitrogens is 2. The van der Waals surface area contributed by atoms with Crippen LogP contribution in [-0.4, -0.2) is 9.55 Å². The summed E-state index contributed by atoms with van der Waals surface area (Å²) in [7, 11) is 0. The Morgan fingerprint density at radius 1 is 1.44 bits per heavy atom. The number of aryl methyl sites for hydroxylation is 1. The van der Waals surface area contributed by atoms with Crippen molar-refractivity contribution in [1.29, 1.82) is 0 Å². The molecule has 0 aliphatic heterocycles. The molecule has 0 amide bonds. The zero-order valence-electron chi connectivity index (χ0n) is 9.68. The maximum absolute atomic E-state index is 5.89. The van der Waals surface area contributed by atoms with Crippen LogP contribution in [0.3, 0.4) is 0 Å². The highest BCUT2D eigenvalue weighted by Gasteiger charge is 2.07. The molecule has 0 fully saturated rings. The first-order valence-electron chi connectivity index (χ1n) is 5.54. The summed E-state index contributed by atoms with van der Waals surface area (Å²) in [5.41, 5.74) is 6.98. The van der Waals surface area contributed by atoms with Crippen molar-refractivity contribution in [3.05, 3.63) is 40.1 Å². The van der Waals surface area contributed by atoms with E-state index in [0.29, 0.717) is 0 Å². The fourth-order valence-corrected chi connectivity index (χ4v) is 2.66. The van der Waals surface area contributed by atoms with Crippen molar-refractivity contribution in [1.82, 2.24) is 9.55 Å². The molecule has 2 aromatic heterocycles. The number of rotatable bonds is 4. The molecule has 0 aromatic carbocycles. The molecule has 1 atom stereocenters. The molecule has 0 unspecified atom stereocenters. The Labute approximate surface area is 99.9 Å². The molecular weight excluding hydrogens is 218 g/mol. The third-order valence-corrected chi connectivity index (χ3v) is 3.82. The minimum atomic E-state index is 0.0353. The van der Waals surface area contributed by atoms with E-state index < -0.39 is 0 Å². The van der Waals surface area contributed by atoms with Crippen molar-refractivity contribution < 1.29 is 0 Å². The van der Waals surface area contributed by atoms with E-state index in [9.17, 15) is 0 Å². The van der Waals surface area contributed by atoms with Crippen molar-refractivity contribution in [2.24, 2.45) is 5.73 Å². The predicted molar refractivity (Wildman–Crippen MR) is 67.6 cm³/mol. The largest absolute Gasteiger partial charge is 0.328 e. The Bertz CT molecular complexity index is 456. The average Bonchev–Trinajstić information content (AvgIpc) is 2.87. The molecule has 4 heteroatoms. The van der Waals surface area contributed by atoms with Gasteiger partial charge in [0.25, 0.3) is 0 Å².